The summed E-state index contributed by atoms with van der Waals surface area (Å²) in [5, 5.41) is 4.41. The highest BCUT2D eigenvalue weighted by atomic mass is 16.2. The lowest BCUT2D eigenvalue weighted by molar-refractivity contribution is -0.133. The SMILES string of the molecule is CN(Cc1cnn(-c2ccccc2)c1)C(=O)C1(c2ccccc2)CC1. The fourth-order valence-electron chi connectivity index (χ4n) is 3.38. The van der Waals surface area contributed by atoms with Crippen molar-refractivity contribution in [2.75, 3.05) is 7.05 Å². The Morgan fingerprint density at radius 3 is 2.36 bits per heavy atom. The van der Waals surface area contributed by atoms with Crippen LogP contribution in [0.1, 0.15) is 24.0 Å². The van der Waals surface area contributed by atoms with E-state index >= 15 is 0 Å². The molecule has 126 valence electrons. The van der Waals surface area contributed by atoms with Gasteiger partial charge in [-0.15, -0.1) is 0 Å². The van der Waals surface area contributed by atoms with Crippen molar-refractivity contribution in [3.05, 3.63) is 84.2 Å². The highest BCUT2D eigenvalue weighted by molar-refractivity contribution is 5.91. The van der Waals surface area contributed by atoms with Crippen LogP contribution in [0.4, 0.5) is 0 Å². The van der Waals surface area contributed by atoms with Crippen LogP contribution < -0.4 is 0 Å². The maximum Gasteiger partial charge on any atom is 0.233 e. The van der Waals surface area contributed by atoms with Crippen LogP contribution in [0.15, 0.2) is 73.1 Å². The number of carbonyl (C=O) groups is 1. The van der Waals surface area contributed by atoms with Gasteiger partial charge in [-0.1, -0.05) is 48.5 Å². The van der Waals surface area contributed by atoms with Gasteiger partial charge in [-0.05, 0) is 30.5 Å². The van der Waals surface area contributed by atoms with Crippen molar-refractivity contribution in [3.63, 3.8) is 0 Å². The predicted octanol–water partition coefficient (Wildman–Crippen LogP) is 3.56. The lowest BCUT2D eigenvalue weighted by atomic mass is 9.94. The van der Waals surface area contributed by atoms with Crippen molar-refractivity contribution in [2.24, 2.45) is 0 Å². The van der Waals surface area contributed by atoms with E-state index in [1.807, 2.05) is 77.6 Å². The van der Waals surface area contributed by atoms with Gasteiger partial charge in [0.05, 0.1) is 17.3 Å². The molecule has 1 aromatic heterocycles. The van der Waals surface area contributed by atoms with Gasteiger partial charge in [-0.3, -0.25) is 4.79 Å². The molecular weight excluding hydrogens is 310 g/mol. The minimum atomic E-state index is -0.314. The first-order valence-corrected chi connectivity index (χ1v) is 8.59. The molecule has 3 aromatic rings. The Labute approximate surface area is 147 Å². The molecule has 4 nitrogen and oxygen atoms in total. The Balaban J connectivity index is 1.48. The second kappa shape index (κ2) is 6.20. The number of carbonyl (C=O) groups excluding carboxylic acids is 1. The van der Waals surface area contributed by atoms with Crippen LogP contribution in [-0.4, -0.2) is 27.6 Å². The van der Waals surface area contributed by atoms with Crippen LogP contribution in [0.25, 0.3) is 5.69 Å². The summed E-state index contributed by atoms with van der Waals surface area (Å²) in [7, 11) is 1.88. The number of benzene rings is 2. The van der Waals surface area contributed by atoms with Crippen LogP contribution in [0.5, 0.6) is 0 Å². The lowest BCUT2D eigenvalue weighted by Crippen LogP contribution is -2.36. The third kappa shape index (κ3) is 2.95. The summed E-state index contributed by atoms with van der Waals surface area (Å²) >= 11 is 0. The van der Waals surface area contributed by atoms with E-state index in [4.69, 9.17) is 0 Å². The molecule has 0 bridgehead atoms. The van der Waals surface area contributed by atoms with E-state index in [0.29, 0.717) is 6.54 Å². The first-order valence-electron chi connectivity index (χ1n) is 8.59. The molecule has 1 aliphatic rings. The molecule has 1 saturated carbocycles. The molecule has 0 unspecified atom stereocenters. The van der Waals surface area contributed by atoms with Crippen LogP contribution in [0, 0.1) is 0 Å². The number of hydrogen-bond acceptors (Lipinski definition) is 2. The van der Waals surface area contributed by atoms with Gasteiger partial charge in [0.1, 0.15) is 0 Å². The second-order valence-electron chi connectivity index (χ2n) is 6.74. The average molecular weight is 331 g/mol. The topological polar surface area (TPSA) is 38.1 Å². The summed E-state index contributed by atoms with van der Waals surface area (Å²) in [6.07, 6.45) is 5.69. The molecule has 1 amide bonds. The van der Waals surface area contributed by atoms with Crippen molar-refractivity contribution in [3.8, 4) is 5.69 Å². The molecular formula is C21H21N3O. The Morgan fingerprint density at radius 1 is 1.08 bits per heavy atom. The van der Waals surface area contributed by atoms with Crippen LogP contribution in [0.3, 0.4) is 0 Å². The van der Waals surface area contributed by atoms with Crippen molar-refractivity contribution in [2.45, 2.75) is 24.8 Å². The highest BCUT2D eigenvalue weighted by Gasteiger charge is 2.52. The standard InChI is InChI=1S/C21H21N3O/c1-23(20(25)21(12-13-21)18-8-4-2-5-9-18)15-17-14-22-24(16-17)19-10-6-3-7-11-19/h2-11,14,16H,12-13,15H2,1H3. The van der Waals surface area contributed by atoms with Crippen molar-refractivity contribution >= 4 is 5.91 Å². The first-order chi connectivity index (χ1) is 12.2. The molecule has 25 heavy (non-hydrogen) atoms. The molecule has 1 fully saturated rings. The lowest BCUT2D eigenvalue weighted by Gasteiger charge is -2.23. The highest BCUT2D eigenvalue weighted by Crippen LogP contribution is 2.49. The van der Waals surface area contributed by atoms with E-state index < -0.39 is 0 Å². The van der Waals surface area contributed by atoms with Gasteiger partial charge in [0.25, 0.3) is 0 Å². The second-order valence-corrected chi connectivity index (χ2v) is 6.74. The maximum atomic E-state index is 13.0. The Bertz CT molecular complexity index is 866. The van der Waals surface area contributed by atoms with Gasteiger partial charge in [-0.25, -0.2) is 4.68 Å². The van der Waals surface area contributed by atoms with E-state index in [0.717, 1.165) is 29.7 Å². The Morgan fingerprint density at radius 2 is 1.72 bits per heavy atom. The van der Waals surface area contributed by atoms with Gasteiger partial charge in [0.15, 0.2) is 0 Å². The van der Waals surface area contributed by atoms with Gasteiger partial charge in [0, 0.05) is 25.4 Å². The zero-order valence-electron chi connectivity index (χ0n) is 14.3. The number of aromatic nitrogens is 2. The summed E-state index contributed by atoms with van der Waals surface area (Å²) in [5.74, 6) is 0.200. The minimum Gasteiger partial charge on any atom is -0.341 e. The third-order valence-corrected chi connectivity index (χ3v) is 4.91. The van der Waals surface area contributed by atoms with Crippen LogP contribution in [-0.2, 0) is 16.8 Å². The molecule has 0 N–H and O–H groups in total. The molecule has 1 heterocycles. The molecule has 4 heteroatoms. The molecule has 0 spiro atoms. The number of rotatable bonds is 5. The molecule has 0 radical (unpaired) electrons. The average Bonchev–Trinajstić information content (AvgIpc) is 3.35. The minimum absolute atomic E-state index is 0.200. The molecule has 4 rings (SSSR count). The monoisotopic (exact) mass is 331 g/mol. The van der Waals surface area contributed by atoms with E-state index in [-0.39, 0.29) is 11.3 Å². The number of likely N-dealkylation sites (N-methyl/N-ethyl adjacent to an activating group) is 1. The fourth-order valence-corrected chi connectivity index (χ4v) is 3.38. The molecule has 2 aromatic carbocycles. The molecule has 1 aliphatic carbocycles. The van der Waals surface area contributed by atoms with E-state index in [9.17, 15) is 4.79 Å². The van der Waals surface area contributed by atoms with E-state index in [2.05, 4.69) is 17.2 Å². The number of hydrogen-bond donors (Lipinski definition) is 0. The smallest absolute Gasteiger partial charge is 0.233 e. The Kier molecular flexibility index (Phi) is 3.88. The summed E-state index contributed by atoms with van der Waals surface area (Å²) in [6, 6.07) is 20.1. The molecule has 0 saturated heterocycles. The summed E-state index contributed by atoms with van der Waals surface area (Å²) in [5.41, 5.74) is 2.87. The van der Waals surface area contributed by atoms with Crippen molar-refractivity contribution in [1.82, 2.24) is 14.7 Å². The number of para-hydroxylation sites is 1. The quantitative estimate of drug-likeness (QED) is 0.717. The van der Waals surface area contributed by atoms with E-state index in [1.54, 1.807) is 0 Å². The Hall–Kier alpha value is -2.88. The van der Waals surface area contributed by atoms with Gasteiger partial charge in [-0.2, -0.15) is 5.10 Å². The van der Waals surface area contributed by atoms with Crippen LogP contribution in [0.2, 0.25) is 0 Å². The van der Waals surface area contributed by atoms with Crippen molar-refractivity contribution in [1.29, 1.82) is 0 Å². The summed E-state index contributed by atoms with van der Waals surface area (Å²) in [4.78, 5) is 14.8. The summed E-state index contributed by atoms with van der Waals surface area (Å²) < 4.78 is 1.84. The van der Waals surface area contributed by atoms with Crippen LogP contribution >= 0.6 is 0 Å². The molecule has 0 aliphatic heterocycles. The van der Waals surface area contributed by atoms with Gasteiger partial charge >= 0.3 is 0 Å². The third-order valence-electron chi connectivity index (χ3n) is 4.91. The maximum absolute atomic E-state index is 13.0. The largest absolute Gasteiger partial charge is 0.341 e. The predicted molar refractivity (Wildman–Crippen MR) is 97.4 cm³/mol. The molecule has 0 atom stereocenters. The zero-order chi connectivity index (χ0) is 17.3. The number of amides is 1. The first kappa shape index (κ1) is 15.6. The normalized spacial score (nSPS) is 14.9. The van der Waals surface area contributed by atoms with Gasteiger partial charge < -0.3 is 4.90 Å². The zero-order valence-corrected chi connectivity index (χ0v) is 14.3. The van der Waals surface area contributed by atoms with Crippen molar-refractivity contribution < 1.29 is 4.79 Å². The van der Waals surface area contributed by atoms with Gasteiger partial charge in [0.2, 0.25) is 5.91 Å². The summed E-state index contributed by atoms with van der Waals surface area (Å²) in [6.45, 7) is 0.570. The number of nitrogens with zero attached hydrogens (tertiary/aromatic N) is 3. The fraction of sp³-hybridized carbons (Fsp3) is 0.238. The van der Waals surface area contributed by atoms with E-state index in [1.165, 1.54) is 0 Å².